The van der Waals surface area contributed by atoms with E-state index in [9.17, 15) is 26.4 Å². The smallest absolute Gasteiger partial charge is 0.337 e. The number of carbonyl (C=O) groups excluding carboxylic acids is 1. The molecular weight excluding hydrogens is 369 g/mol. The lowest BCUT2D eigenvalue weighted by atomic mass is 10.1. The number of sulfone groups is 1. The molecule has 0 bridgehead atoms. The number of amides is 1. The van der Waals surface area contributed by atoms with Gasteiger partial charge in [0, 0.05) is 19.8 Å². The zero-order valence-electron chi connectivity index (χ0n) is 14.1. The molecule has 26 heavy (non-hydrogen) atoms. The molecule has 0 saturated heterocycles. The molecule has 0 saturated carbocycles. The first-order valence-electron chi connectivity index (χ1n) is 7.67. The van der Waals surface area contributed by atoms with Gasteiger partial charge in [-0.2, -0.15) is 13.2 Å². The van der Waals surface area contributed by atoms with Gasteiger partial charge in [0.15, 0.2) is 5.03 Å². The monoisotopic (exact) mass is 386 g/mol. The van der Waals surface area contributed by atoms with Crippen LogP contribution in [0, 0.1) is 0 Å². The summed E-state index contributed by atoms with van der Waals surface area (Å²) in [5.74, 6) is -0.861. The highest BCUT2D eigenvalue weighted by molar-refractivity contribution is 7.92. The van der Waals surface area contributed by atoms with E-state index >= 15 is 0 Å². The van der Waals surface area contributed by atoms with Gasteiger partial charge in [-0.25, -0.2) is 13.4 Å². The van der Waals surface area contributed by atoms with E-state index in [4.69, 9.17) is 0 Å². The van der Waals surface area contributed by atoms with E-state index in [2.05, 4.69) is 4.98 Å². The van der Waals surface area contributed by atoms with E-state index in [1.165, 1.54) is 13.1 Å². The normalized spacial score (nSPS) is 12.0. The number of alkyl halides is 3. The van der Waals surface area contributed by atoms with Crippen molar-refractivity contribution in [3.05, 3.63) is 59.3 Å². The van der Waals surface area contributed by atoms with Crippen molar-refractivity contribution >= 4 is 15.7 Å². The van der Waals surface area contributed by atoms with Gasteiger partial charge >= 0.3 is 5.51 Å². The van der Waals surface area contributed by atoms with Gasteiger partial charge in [-0.05, 0) is 29.7 Å². The highest BCUT2D eigenvalue weighted by Gasteiger charge is 2.49. The van der Waals surface area contributed by atoms with Crippen LogP contribution in [0.4, 0.5) is 13.2 Å². The van der Waals surface area contributed by atoms with Gasteiger partial charge in [0.05, 0.1) is 5.56 Å². The minimum atomic E-state index is -5.73. The number of aromatic nitrogens is 1. The lowest BCUT2D eigenvalue weighted by molar-refractivity contribution is -0.0438. The highest BCUT2D eigenvalue weighted by Crippen LogP contribution is 2.31. The molecule has 0 N–H and O–H groups in total. The van der Waals surface area contributed by atoms with Crippen LogP contribution < -0.4 is 0 Å². The average Bonchev–Trinajstić information content (AvgIpc) is 2.60. The van der Waals surface area contributed by atoms with Crippen LogP contribution in [0.15, 0.2) is 47.6 Å². The largest absolute Gasteiger partial charge is 0.503 e. The second kappa shape index (κ2) is 7.45. The Morgan fingerprint density at radius 2 is 1.69 bits per heavy atom. The van der Waals surface area contributed by atoms with Crippen molar-refractivity contribution < 1.29 is 26.4 Å². The van der Waals surface area contributed by atoms with Gasteiger partial charge in [0.25, 0.3) is 15.7 Å². The molecule has 0 atom stereocenters. The van der Waals surface area contributed by atoms with Crippen LogP contribution in [0.5, 0.6) is 0 Å². The molecule has 1 aromatic carbocycles. The van der Waals surface area contributed by atoms with Crippen molar-refractivity contribution in [3.8, 4) is 0 Å². The van der Waals surface area contributed by atoms with Gasteiger partial charge in [-0.3, -0.25) is 4.79 Å². The van der Waals surface area contributed by atoms with Crippen molar-refractivity contribution in [2.45, 2.75) is 30.4 Å². The summed E-state index contributed by atoms with van der Waals surface area (Å²) in [4.78, 5) is 17.0. The van der Waals surface area contributed by atoms with Crippen molar-refractivity contribution in [1.82, 2.24) is 9.88 Å². The van der Waals surface area contributed by atoms with Crippen LogP contribution >= 0.6 is 0 Å². The van der Waals surface area contributed by atoms with Gasteiger partial charge in [0.2, 0.25) is 0 Å². The number of hydrogen-bond donors (Lipinski definition) is 0. The molecule has 2 rings (SSSR count). The number of aryl methyl sites for hydroxylation is 1. The second-order valence-electron chi connectivity index (χ2n) is 5.64. The fourth-order valence-corrected chi connectivity index (χ4v) is 3.17. The Bertz CT molecular complexity index is 894. The summed E-state index contributed by atoms with van der Waals surface area (Å²) in [5.41, 5.74) is -4.28. The van der Waals surface area contributed by atoms with Crippen LogP contribution in [-0.2, 0) is 22.8 Å². The van der Waals surface area contributed by atoms with E-state index < -0.39 is 31.8 Å². The maximum Gasteiger partial charge on any atom is 0.503 e. The Balaban J connectivity index is 2.32. The summed E-state index contributed by atoms with van der Waals surface area (Å²) < 4.78 is 61.8. The topological polar surface area (TPSA) is 67.3 Å². The maximum absolute atomic E-state index is 12.8. The minimum Gasteiger partial charge on any atom is -0.337 e. The van der Waals surface area contributed by atoms with E-state index in [0.717, 1.165) is 34.7 Å². The molecule has 1 aromatic heterocycles. The first-order valence-corrected chi connectivity index (χ1v) is 9.16. The SMILES string of the molecule is CCc1ccc(CN(C)C(=O)c2cccnc2S(=O)(=O)C(F)(F)F)cc1. The van der Waals surface area contributed by atoms with Gasteiger partial charge < -0.3 is 4.90 Å². The molecule has 1 amide bonds. The molecule has 1 heterocycles. The Labute approximate surface area is 149 Å². The Hall–Kier alpha value is -2.42. The van der Waals surface area contributed by atoms with Crippen LogP contribution in [-0.4, -0.2) is 36.8 Å². The third-order valence-corrected chi connectivity index (χ3v) is 5.20. The summed E-state index contributed by atoms with van der Waals surface area (Å²) in [6.07, 6.45) is 1.75. The number of benzene rings is 1. The molecule has 140 valence electrons. The van der Waals surface area contributed by atoms with Crippen LogP contribution in [0.3, 0.4) is 0 Å². The van der Waals surface area contributed by atoms with Crippen molar-refractivity contribution in [2.75, 3.05) is 7.05 Å². The summed E-state index contributed by atoms with van der Waals surface area (Å²) in [7, 11) is -4.34. The summed E-state index contributed by atoms with van der Waals surface area (Å²) >= 11 is 0. The predicted octanol–water partition coefficient (Wildman–Crippen LogP) is 3.21. The van der Waals surface area contributed by atoms with Crippen molar-refractivity contribution in [3.63, 3.8) is 0 Å². The first-order chi connectivity index (χ1) is 12.1. The van der Waals surface area contributed by atoms with Crippen LogP contribution in [0.25, 0.3) is 0 Å². The number of pyridine rings is 1. The summed E-state index contributed by atoms with van der Waals surface area (Å²) in [5, 5.41) is -1.29. The molecule has 0 fully saturated rings. The standard InChI is InChI=1S/C17H17F3N2O3S/c1-3-12-6-8-13(9-7-12)11-22(2)16(23)14-5-4-10-21-15(14)26(24,25)17(18,19)20/h4-10H,3,11H2,1-2H3. The van der Waals surface area contributed by atoms with Crippen molar-refractivity contribution in [2.24, 2.45) is 0 Å². The van der Waals surface area contributed by atoms with Crippen LogP contribution in [0.2, 0.25) is 0 Å². The number of hydrogen-bond acceptors (Lipinski definition) is 4. The number of halogens is 3. The highest BCUT2D eigenvalue weighted by atomic mass is 32.2. The zero-order chi connectivity index (χ0) is 19.5. The molecule has 0 aliphatic rings. The number of carbonyl (C=O) groups is 1. The molecular formula is C17H17F3N2O3S. The number of rotatable bonds is 5. The lowest BCUT2D eigenvalue weighted by Gasteiger charge is -2.19. The van der Waals surface area contributed by atoms with E-state index in [1.807, 2.05) is 19.1 Å². The molecule has 0 spiro atoms. The molecule has 5 nitrogen and oxygen atoms in total. The molecule has 2 aromatic rings. The van der Waals surface area contributed by atoms with Gasteiger partial charge in [0.1, 0.15) is 0 Å². The quantitative estimate of drug-likeness (QED) is 0.791. The third-order valence-electron chi connectivity index (χ3n) is 3.76. The molecule has 0 aliphatic carbocycles. The molecule has 9 heteroatoms. The van der Waals surface area contributed by atoms with E-state index in [-0.39, 0.29) is 6.54 Å². The van der Waals surface area contributed by atoms with E-state index in [1.54, 1.807) is 12.1 Å². The summed E-state index contributed by atoms with van der Waals surface area (Å²) in [6.45, 7) is 2.11. The van der Waals surface area contributed by atoms with Crippen molar-refractivity contribution in [1.29, 1.82) is 0 Å². The fourth-order valence-electron chi connectivity index (χ4n) is 2.31. The summed E-state index contributed by atoms with van der Waals surface area (Å²) in [6, 6.07) is 9.62. The third kappa shape index (κ3) is 4.04. The number of nitrogens with zero attached hydrogens (tertiary/aromatic N) is 2. The second-order valence-corrected chi connectivity index (χ2v) is 7.49. The molecule has 0 unspecified atom stereocenters. The maximum atomic E-state index is 12.8. The first kappa shape index (κ1) is 19.9. The Morgan fingerprint density at radius 1 is 1.12 bits per heavy atom. The Morgan fingerprint density at radius 3 is 2.23 bits per heavy atom. The zero-order valence-corrected chi connectivity index (χ0v) is 14.9. The lowest BCUT2D eigenvalue weighted by Crippen LogP contribution is -2.31. The van der Waals surface area contributed by atoms with Gasteiger partial charge in [-0.15, -0.1) is 0 Å². The molecule has 0 aliphatic heterocycles. The van der Waals surface area contributed by atoms with Crippen LogP contribution in [0.1, 0.15) is 28.4 Å². The molecule has 0 radical (unpaired) electrons. The fraction of sp³-hybridized carbons (Fsp3) is 0.294. The Kier molecular flexibility index (Phi) is 5.70. The average molecular weight is 386 g/mol. The predicted molar refractivity (Wildman–Crippen MR) is 89.1 cm³/mol. The van der Waals surface area contributed by atoms with Gasteiger partial charge in [-0.1, -0.05) is 31.2 Å². The minimum absolute atomic E-state index is 0.114. The van der Waals surface area contributed by atoms with E-state index in [0.29, 0.717) is 0 Å².